The van der Waals surface area contributed by atoms with Gasteiger partial charge in [-0.3, -0.25) is 9.89 Å². The van der Waals surface area contributed by atoms with Crippen LogP contribution in [-0.4, -0.2) is 47.3 Å². The van der Waals surface area contributed by atoms with Crippen molar-refractivity contribution in [3.05, 3.63) is 35.2 Å². The van der Waals surface area contributed by atoms with Crippen molar-refractivity contribution in [1.82, 2.24) is 15.1 Å². The fourth-order valence-corrected chi connectivity index (χ4v) is 3.40. The third-order valence-corrected chi connectivity index (χ3v) is 4.38. The van der Waals surface area contributed by atoms with Crippen LogP contribution in [0.15, 0.2) is 18.2 Å². The van der Waals surface area contributed by atoms with Crippen molar-refractivity contribution < 1.29 is 14.3 Å². The molecule has 0 saturated heterocycles. The van der Waals surface area contributed by atoms with Gasteiger partial charge >= 0.3 is 0 Å². The van der Waals surface area contributed by atoms with Gasteiger partial charge in [0.15, 0.2) is 0 Å². The molecule has 1 heterocycles. The van der Waals surface area contributed by atoms with Crippen molar-refractivity contribution >= 4 is 5.91 Å². The number of methoxy groups -OCH3 is 2. The van der Waals surface area contributed by atoms with Crippen molar-refractivity contribution in [2.75, 3.05) is 14.2 Å². The summed E-state index contributed by atoms with van der Waals surface area (Å²) < 4.78 is 10.8. The zero-order chi connectivity index (χ0) is 19.4. The van der Waals surface area contributed by atoms with E-state index in [0.29, 0.717) is 17.9 Å². The first kappa shape index (κ1) is 20.0. The molecule has 142 valence electrons. The fourth-order valence-electron chi connectivity index (χ4n) is 3.40. The lowest BCUT2D eigenvalue weighted by atomic mass is 9.95. The summed E-state index contributed by atoms with van der Waals surface area (Å²) in [5.41, 5.74) is 3.91. The van der Waals surface area contributed by atoms with Crippen LogP contribution in [0.25, 0.3) is 11.1 Å². The largest absolute Gasteiger partial charge is 0.496 e. The second-order valence-corrected chi connectivity index (χ2v) is 6.89. The number of carbonyl (C=O) groups excluding carboxylic acids is 1. The molecule has 0 aliphatic carbocycles. The molecule has 0 aliphatic rings. The number of amides is 1. The van der Waals surface area contributed by atoms with Crippen molar-refractivity contribution in [3.63, 3.8) is 0 Å². The minimum Gasteiger partial charge on any atom is -0.496 e. The number of H-pyrrole nitrogens is 1. The van der Waals surface area contributed by atoms with Gasteiger partial charge < -0.3 is 14.4 Å². The van der Waals surface area contributed by atoms with E-state index in [9.17, 15) is 4.79 Å². The molecule has 26 heavy (non-hydrogen) atoms. The summed E-state index contributed by atoms with van der Waals surface area (Å²) in [6, 6.07) is 5.80. The monoisotopic (exact) mass is 359 g/mol. The molecule has 0 aliphatic heterocycles. The van der Waals surface area contributed by atoms with Gasteiger partial charge in [0.2, 0.25) is 0 Å². The van der Waals surface area contributed by atoms with Crippen LogP contribution in [0, 0.1) is 6.92 Å². The van der Waals surface area contributed by atoms with E-state index in [1.807, 2.05) is 57.7 Å². The number of carbonyl (C=O) groups is 1. The molecule has 0 spiro atoms. The normalized spacial score (nSPS) is 11.3. The molecule has 6 nitrogen and oxygen atoms in total. The fraction of sp³-hybridized carbons (Fsp3) is 0.500. The maximum atomic E-state index is 13.5. The van der Waals surface area contributed by atoms with Gasteiger partial charge in [0.05, 0.1) is 25.0 Å². The van der Waals surface area contributed by atoms with Gasteiger partial charge in [-0.15, -0.1) is 0 Å². The van der Waals surface area contributed by atoms with Gasteiger partial charge in [0.1, 0.15) is 5.75 Å². The molecule has 1 amide bonds. The molecule has 2 rings (SSSR count). The van der Waals surface area contributed by atoms with Gasteiger partial charge in [-0.1, -0.05) is 12.1 Å². The molecule has 1 aromatic heterocycles. The number of hydrogen-bond donors (Lipinski definition) is 1. The van der Waals surface area contributed by atoms with Crippen LogP contribution in [0.4, 0.5) is 0 Å². The van der Waals surface area contributed by atoms with Gasteiger partial charge in [-0.2, -0.15) is 5.10 Å². The van der Waals surface area contributed by atoms with E-state index in [1.165, 1.54) is 0 Å². The van der Waals surface area contributed by atoms with Crippen LogP contribution in [-0.2, 0) is 11.3 Å². The average Bonchev–Trinajstić information content (AvgIpc) is 2.94. The zero-order valence-electron chi connectivity index (χ0n) is 16.7. The highest BCUT2D eigenvalue weighted by atomic mass is 16.5. The van der Waals surface area contributed by atoms with E-state index in [-0.39, 0.29) is 18.0 Å². The van der Waals surface area contributed by atoms with Gasteiger partial charge in [0.25, 0.3) is 5.91 Å². The van der Waals surface area contributed by atoms with E-state index in [0.717, 1.165) is 22.5 Å². The lowest BCUT2D eigenvalue weighted by Crippen LogP contribution is -2.42. The van der Waals surface area contributed by atoms with Gasteiger partial charge in [-0.25, -0.2) is 0 Å². The molecule has 0 unspecified atom stereocenters. The maximum Gasteiger partial charge on any atom is 0.258 e. The predicted molar refractivity (Wildman–Crippen MR) is 102 cm³/mol. The highest BCUT2D eigenvalue weighted by Gasteiger charge is 2.29. The van der Waals surface area contributed by atoms with Crippen LogP contribution in [0.2, 0.25) is 0 Å². The maximum absolute atomic E-state index is 13.5. The number of aromatic amines is 1. The summed E-state index contributed by atoms with van der Waals surface area (Å²) in [6.07, 6.45) is 0. The number of hydrogen-bond acceptors (Lipinski definition) is 4. The van der Waals surface area contributed by atoms with Crippen LogP contribution in [0.5, 0.6) is 5.75 Å². The van der Waals surface area contributed by atoms with E-state index < -0.39 is 0 Å². The highest BCUT2D eigenvalue weighted by Crippen LogP contribution is 2.35. The molecule has 2 aromatic rings. The van der Waals surface area contributed by atoms with Crippen LogP contribution in [0.1, 0.15) is 49.4 Å². The Morgan fingerprint density at radius 1 is 1.19 bits per heavy atom. The Bertz CT molecular complexity index is 758. The molecule has 6 heteroatoms. The molecule has 0 saturated carbocycles. The summed E-state index contributed by atoms with van der Waals surface area (Å²) >= 11 is 0. The van der Waals surface area contributed by atoms with E-state index >= 15 is 0 Å². The molecule has 0 fully saturated rings. The van der Waals surface area contributed by atoms with Crippen molar-refractivity contribution in [2.24, 2.45) is 0 Å². The Balaban J connectivity index is 2.71. The summed E-state index contributed by atoms with van der Waals surface area (Å²) in [7, 11) is 3.22. The Kier molecular flexibility index (Phi) is 6.42. The Hall–Kier alpha value is -2.34. The second-order valence-electron chi connectivity index (χ2n) is 6.89. The second kappa shape index (κ2) is 8.36. The third-order valence-electron chi connectivity index (χ3n) is 4.38. The number of benzene rings is 1. The molecule has 0 atom stereocenters. The first-order valence-electron chi connectivity index (χ1n) is 8.86. The first-order valence-corrected chi connectivity index (χ1v) is 8.86. The summed E-state index contributed by atoms with van der Waals surface area (Å²) in [6.45, 7) is 10.4. The Morgan fingerprint density at radius 3 is 2.38 bits per heavy atom. The first-order chi connectivity index (χ1) is 12.3. The molecular weight excluding hydrogens is 330 g/mol. The highest BCUT2D eigenvalue weighted by molar-refractivity contribution is 6.04. The lowest BCUT2D eigenvalue weighted by Gasteiger charge is -2.32. The van der Waals surface area contributed by atoms with Crippen molar-refractivity contribution in [1.29, 1.82) is 0 Å². The standard InChI is InChI=1S/C20H29N3O3/c1-12(2)23(13(3)4)20(24)19-15(9-8-10-17(19)26-7)18-14(5)21-22-16(18)11-25-6/h8-10,12-13H,11H2,1-7H3,(H,21,22). The van der Waals surface area contributed by atoms with Crippen molar-refractivity contribution in [2.45, 2.75) is 53.3 Å². The Labute approximate surface area is 155 Å². The van der Waals surface area contributed by atoms with E-state index in [2.05, 4.69) is 10.2 Å². The minimum atomic E-state index is -0.0496. The predicted octanol–water partition coefficient (Wildman–Crippen LogP) is 3.80. The van der Waals surface area contributed by atoms with Gasteiger partial charge in [0, 0.05) is 36.0 Å². The number of aryl methyl sites for hydroxylation is 1. The lowest BCUT2D eigenvalue weighted by molar-refractivity contribution is 0.0641. The number of aromatic nitrogens is 2. The smallest absolute Gasteiger partial charge is 0.258 e. The SMILES string of the molecule is COCc1n[nH]c(C)c1-c1cccc(OC)c1C(=O)N(C(C)C)C(C)C. The number of ether oxygens (including phenoxy) is 2. The molecule has 1 N–H and O–H groups in total. The van der Waals surface area contributed by atoms with E-state index in [4.69, 9.17) is 9.47 Å². The zero-order valence-corrected chi connectivity index (χ0v) is 16.7. The third kappa shape index (κ3) is 3.75. The number of nitrogens with one attached hydrogen (secondary N) is 1. The van der Waals surface area contributed by atoms with Gasteiger partial charge in [-0.05, 0) is 40.7 Å². The summed E-state index contributed by atoms with van der Waals surface area (Å²) in [5.74, 6) is 0.509. The van der Waals surface area contributed by atoms with Crippen LogP contribution < -0.4 is 4.74 Å². The topological polar surface area (TPSA) is 67.5 Å². The molecular formula is C20H29N3O3. The van der Waals surface area contributed by atoms with Crippen molar-refractivity contribution in [3.8, 4) is 16.9 Å². The summed E-state index contributed by atoms with van der Waals surface area (Å²) in [5, 5.41) is 7.34. The van der Waals surface area contributed by atoms with Crippen LogP contribution in [0.3, 0.4) is 0 Å². The van der Waals surface area contributed by atoms with E-state index in [1.54, 1.807) is 14.2 Å². The minimum absolute atomic E-state index is 0.0496. The molecule has 1 aromatic carbocycles. The summed E-state index contributed by atoms with van der Waals surface area (Å²) in [4.78, 5) is 15.4. The average molecular weight is 359 g/mol. The Morgan fingerprint density at radius 2 is 1.85 bits per heavy atom. The quantitative estimate of drug-likeness (QED) is 0.816. The number of rotatable bonds is 7. The molecule has 0 bridgehead atoms. The number of nitrogens with zero attached hydrogens (tertiary/aromatic N) is 2. The van der Waals surface area contributed by atoms with Crippen LogP contribution >= 0.6 is 0 Å². The molecule has 0 radical (unpaired) electrons.